The normalized spacial score (nSPS) is 12.9. The summed E-state index contributed by atoms with van der Waals surface area (Å²) in [6.07, 6.45) is 18.8. The number of alkyl carbamates (subject to hydrolysis) is 1. The molecule has 4 rings (SSSR count). The second kappa shape index (κ2) is 30.2. The molecule has 0 fully saturated rings. The minimum Gasteiger partial charge on any atom is -0.460 e. The van der Waals surface area contributed by atoms with Crippen molar-refractivity contribution in [2.75, 3.05) is 19.7 Å². The molecular formula is C55H79N3O8. The summed E-state index contributed by atoms with van der Waals surface area (Å²) in [7, 11) is 0. The van der Waals surface area contributed by atoms with Gasteiger partial charge in [-0.15, -0.1) is 0 Å². The largest absolute Gasteiger partial charge is 0.460 e. The van der Waals surface area contributed by atoms with Gasteiger partial charge in [0.25, 0.3) is 0 Å². The van der Waals surface area contributed by atoms with Crippen LogP contribution in [-0.4, -0.2) is 61.2 Å². The van der Waals surface area contributed by atoms with E-state index in [4.69, 9.17) is 14.2 Å². The molecule has 0 aromatic heterocycles. The lowest BCUT2D eigenvalue weighted by atomic mass is 9.95. The Balaban J connectivity index is 1.03. The van der Waals surface area contributed by atoms with Gasteiger partial charge >= 0.3 is 18.0 Å². The monoisotopic (exact) mass is 910 g/mol. The summed E-state index contributed by atoms with van der Waals surface area (Å²) in [4.78, 5) is 64.0. The lowest BCUT2D eigenvalue weighted by Gasteiger charge is -2.23. The molecule has 3 aromatic carbocycles. The maximum absolute atomic E-state index is 13.2. The molecule has 11 heteroatoms. The number of esters is 2. The maximum atomic E-state index is 13.2. The summed E-state index contributed by atoms with van der Waals surface area (Å²) < 4.78 is 16.8. The fourth-order valence-corrected chi connectivity index (χ4v) is 8.64. The van der Waals surface area contributed by atoms with Crippen LogP contribution in [0.2, 0.25) is 0 Å². The summed E-state index contributed by atoms with van der Waals surface area (Å²) in [6, 6.07) is 24.7. The van der Waals surface area contributed by atoms with Crippen LogP contribution in [0.5, 0.6) is 0 Å². The van der Waals surface area contributed by atoms with Gasteiger partial charge in [-0.25, -0.2) is 9.59 Å². The molecule has 3 N–H and O–H groups in total. The van der Waals surface area contributed by atoms with Crippen LogP contribution in [0.3, 0.4) is 0 Å². The molecule has 0 heterocycles. The third kappa shape index (κ3) is 20.5. The van der Waals surface area contributed by atoms with Gasteiger partial charge in [-0.05, 0) is 74.3 Å². The molecule has 0 saturated carbocycles. The molecule has 0 saturated heterocycles. The summed E-state index contributed by atoms with van der Waals surface area (Å²) in [5.41, 5.74) is 4.97. The Morgan fingerprint density at radius 1 is 0.561 bits per heavy atom. The van der Waals surface area contributed by atoms with E-state index in [-0.39, 0.29) is 68.8 Å². The highest BCUT2D eigenvalue weighted by Gasteiger charge is 2.29. The third-order valence-electron chi connectivity index (χ3n) is 12.1. The highest BCUT2D eigenvalue weighted by Crippen LogP contribution is 2.44. The summed E-state index contributed by atoms with van der Waals surface area (Å²) >= 11 is 0. The van der Waals surface area contributed by atoms with Gasteiger partial charge in [-0.3, -0.25) is 14.4 Å². The second-order valence-electron chi connectivity index (χ2n) is 18.9. The van der Waals surface area contributed by atoms with E-state index in [1.807, 2.05) is 75.4 Å². The van der Waals surface area contributed by atoms with Crippen LogP contribution >= 0.6 is 0 Å². The van der Waals surface area contributed by atoms with Crippen molar-refractivity contribution in [3.05, 3.63) is 95.6 Å². The van der Waals surface area contributed by atoms with Crippen molar-refractivity contribution in [1.82, 2.24) is 16.0 Å². The number of fused-ring (bicyclic) bond motifs is 3. The number of ether oxygens (including phenoxy) is 3. The van der Waals surface area contributed by atoms with E-state index in [0.29, 0.717) is 6.42 Å². The van der Waals surface area contributed by atoms with Crippen molar-refractivity contribution in [2.24, 2.45) is 5.92 Å². The molecule has 0 aliphatic heterocycles. The summed E-state index contributed by atoms with van der Waals surface area (Å²) in [5.74, 6) is -1.17. The third-order valence-corrected chi connectivity index (χ3v) is 12.1. The predicted molar refractivity (Wildman–Crippen MR) is 262 cm³/mol. The number of nitrogens with one attached hydrogen (secondary N) is 3. The molecule has 0 bridgehead atoms. The Labute approximate surface area is 395 Å². The van der Waals surface area contributed by atoms with E-state index in [2.05, 4.69) is 47.1 Å². The van der Waals surface area contributed by atoms with Crippen LogP contribution in [0, 0.1) is 5.92 Å². The minimum atomic E-state index is -0.958. The van der Waals surface area contributed by atoms with Crippen LogP contribution in [0.15, 0.2) is 78.9 Å². The number of amides is 3. The lowest BCUT2D eigenvalue weighted by Crippen LogP contribution is -2.43. The highest BCUT2D eigenvalue weighted by molar-refractivity contribution is 5.85. The van der Waals surface area contributed by atoms with E-state index in [9.17, 15) is 24.0 Å². The first-order valence-corrected chi connectivity index (χ1v) is 25.0. The van der Waals surface area contributed by atoms with Crippen molar-refractivity contribution in [1.29, 1.82) is 0 Å². The zero-order chi connectivity index (χ0) is 47.4. The Morgan fingerprint density at radius 2 is 1.09 bits per heavy atom. The fourth-order valence-electron chi connectivity index (χ4n) is 8.64. The first-order chi connectivity index (χ1) is 31.9. The number of carbonyl (C=O) groups is 5. The number of hydrogen-bond donors (Lipinski definition) is 3. The van der Waals surface area contributed by atoms with E-state index in [1.165, 1.54) is 57.8 Å². The van der Waals surface area contributed by atoms with Crippen molar-refractivity contribution in [3.8, 4) is 11.1 Å². The second-order valence-corrected chi connectivity index (χ2v) is 18.9. The molecular weight excluding hydrogens is 831 g/mol. The Morgan fingerprint density at radius 3 is 1.67 bits per heavy atom. The van der Waals surface area contributed by atoms with Crippen molar-refractivity contribution >= 4 is 29.8 Å². The van der Waals surface area contributed by atoms with Gasteiger partial charge in [0.05, 0.1) is 5.92 Å². The van der Waals surface area contributed by atoms with Crippen LogP contribution in [-0.2, 0) is 40.0 Å². The van der Waals surface area contributed by atoms with Crippen LogP contribution in [0.25, 0.3) is 11.1 Å². The number of benzene rings is 3. The van der Waals surface area contributed by atoms with Gasteiger partial charge in [0.2, 0.25) is 11.8 Å². The molecule has 0 radical (unpaired) electrons. The molecule has 2 atom stereocenters. The van der Waals surface area contributed by atoms with Gasteiger partial charge in [0, 0.05) is 31.8 Å². The number of hydrogen-bond acceptors (Lipinski definition) is 8. The van der Waals surface area contributed by atoms with Gasteiger partial charge in [-0.2, -0.15) is 0 Å². The van der Waals surface area contributed by atoms with Gasteiger partial charge < -0.3 is 30.2 Å². The van der Waals surface area contributed by atoms with Crippen molar-refractivity contribution in [3.63, 3.8) is 0 Å². The Kier molecular flexibility index (Phi) is 24.4. The Bertz CT molecular complexity index is 1870. The molecule has 362 valence electrons. The molecule has 66 heavy (non-hydrogen) atoms. The SMILES string of the molecule is CCCC(CCCCCCCCCCCCCCCCC(=O)N[C@@H](CCC(=O)NCCNC(=O)OCC1c2ccccc2-c2ccccc21)C(=O)OCc1ccccc1)C(=O)OC(C)(C)C. The average molecular weight is 910 g/mol. The summed E-state index contributed by atoms with van der Waals surface area (Å²) in [5, 5.41) is 8.30. The van der Waals surface area contributed by atoms with E-state index >= 15 is 0 Å². The van der Waals surface area contributed by atoms with E-state index in [0.717, 1.165) is 79.2 Å². The van der Waals surface area contributed by atoms with Gasteiger partial charge in [-0.1, -0.05) is 176 Å². The molecule has 1 aliphatic carbocycles. The molecule has 1 unspecified atom stereocenters. The van der Waals surface area contributed by atoms with Crippen LogP contribution < -0.4 is 16.0 Å². The quantitative estimate of drug-likeness (QED) is 0.0318. The van der Waals surface area contributed by atoms with E-state index < -0.39 is 23.7 Å². The first-order valence-electron chi connectivity index (χ1n) is 25.0. The standard InChI is InChI=1S/C55H79N3O8/c1-5-27-43(52(61)66-55(2,3)4)30-21-16-14-12-10-8-6-7-9-11-13-15-17-22-35-51(60)58-49(53(62)64-40-42-28-19-18-20-29-42)36-37-50(59)56-38-39-57-54(63)65-41-48-46-33-25-23-31-44(46)45-32-24-26-34-47(45)48/h18-20,23-26,28-29,31-34,43,48-49H,5-17,21-22,27,30,35-41H2,1-4H3,(H,56,59)(H,57,63)(H,58,60)/t43?,49-/m0/s1. The average Bonchev–Trinajstić information content (AvgIpc) is 3.62. The topological polar surface area (TPSA) is 149 Å². The van der Waals surface area contributed by atoms with Gasteiger partial charge in [0.1, 0.15) is 24.9 Å². The number of rotatable bonds is 32. The van der Waals surface area contributed by atoms with Crippen LogP contribution in [0.4, 0.5) is 4.79 Å². The number of unbranched alkanes of at least 4 members (excludes halogenated alkanes) is 13. The smallest absolute Gasteiger partial charge is 0.407 e. The molecule has 1 aliphatic rings. The molecule has 11 nitrogen and oxygen atoms in total. The predicted octanol–water partition coefficient (Wildman–Crippen LogP) is 11.6. The molecule has 3 aromatic rings. The highest BCUT2D eigenvalue weighted by atomic mass is 16.6. The minimum absolute atomic E-state index is 0.00536. The molecule has 3 amide bonds. The zero-order valence-electron chi connectivity index (χ0n) is 40.5. The zero-order valence-corrected chi connectivity index (χ0v) is 40.5. The molecule has 0 spiro atoms. The van der Waals surface area contributed by atoms with Crippen molar-refractivity contribution < 1.29 is 38.2 Å². The van der Waals surface area contributed by atoms with Gasteiger partial charge in [0.15, 0.2) is 0 Å². The Hall–Kier alpha value is -5.19. The van der Waals surface area contributed by atoms with Crippen molar-refractivity contribution in [2.45, 2.75) is 180 Å². The fraction of sp³-hybridized carbons (Fsp3) is 0.582. The lowest BCUT2D eigenvalue weighted by molar-refractivity contribution is -0.160. The summed E-state index contributed by atoms with van der Waals surface area (Å²) in [6.45, 7) is 8.56. The van der Waals surface area contributed by atoms with Crippen LogP contribution in [0.1, 0.15) is 179 Å². The van der Waals surface area contributed by atoms with E-state index in [1.54, 1.807) is 0 Å². The maximum Gasteiger partial charge on any atom is 0.407 e. The first kappa shape index (κ1) is 53.4. The number of carbonyl (C=O) groups excluding carboxylic acids is 5.